The van der Waals surface area contributed by atoms with E-state index in [2.05, 4.69) is 20.8 Å². The second-order valence-electron chi connectivity index (χ2n) is 5.53. The molecule has 1 aromatic rings. The van der Waals surface area contributed by atoms with Crippen LogP contribution in [0.3, 0.4) is 0 Å². The Morgan fingerprint density at radius 2 is 1.67 bits per heavy atom. The van der Waals surface area contributed by atoms with Gasteiger partial charge < -0.3 is 9.47 Å². The SMILES string of the molecule is COc1ccc(OCCC(CCl)C(C)(C)C)cc1. The summed E-state index contributed by atoms with van der Waals surface area (Å²) in [7, 11) is 1.66. The number of benzene rings is 1. The van der Waals surface area contributed by atoms with Crippen molar-refractivity contribution in [1.29, 1.82) is 0 Å². The molecule has 1 unspecified atom stereocenters. The minimum Gasteiger partial charge on any atom is -0.497 e. The van der Waals surface area contributed by atoms with E-state index < -0.39 is 0 Å². The van der Waals surface area contributed by atoms with Gasteiger partial charge in [0.25, 0.3) is 0 Å². The van der Waals surface area contributed by atoms with E-state index in [1.165, 1.54) is 0 Å². The van der Waals surface area contributed by atoms with E-state index in [0.29, 0.717) is 18.4 Å². The summed E-state index contributed by atoms with van der Waals surface area (Å²) in [5, 5.41) is 0. The average Bonchev–Trinajstić information content (AvgIpc) is 2.34. The van der Waals surface area contributed by atoms with Gasteiger partial charge >= 0.3 is 0 Å². The highest BCUT2D eigenvalue weighted by molar-refractivity contribution is 6.18. The van der Waals surface area contributed by atoms with Crippen LogP contribution < -0.4 is 9.47 Å². The third-order valence-electron chi connectivity index (χ3n) is 3.21. The molecular weight excluding hydrogens is 248 g/mol. The van der Waals surface area contributed by atoms with Gasteiger partial charge in [-0.3, -0.25) is 0 Å². The van der Waals surface area contributed by atoms with Crippen molar-refractivity contribution in [1.82, 2.24) is 0 Å². The van der Waals surface area contributed by atoms with Crippen molar-refractivity contribution >= 4 is 11.6 Å². The van der Waals surface area contributed by atoms with Crippen molar-refractivity contribution < 1.29 is 9.47 Å². The van der Waals surface area contributed by atoms with Crippen LogP contribution in [0.15, 0.2) is 24.3 Å². The molecular formula is C15H23ClO2. The third kappa shape index (κ3) is 4.77. The van der Waals surface area contributed by atoms with E-state index in [1.807, 2.05) is 24.3 Å². The number of hydrogen-bond acceptors (Lipinski definition) is 2. The summed E-state index contributed by atoms with van der Waals surface area (Å²) in [6.07, 6.45) is 0.971. The molecule has 102 valence electrons. The predicted octanol–water partition coefficient (Wildman–Crippen LogP) is 4.37. The lowest BCUT2D eigenvalue weighted by molar-refractivity contribution is 0.201. The normalized spacial score (nSPS) is 13.2. The number of alkyl halides is 1. The van der Waals surface area contributed by atoms with Crippen LogP contribution in [0.5, 0.6) is 11.5 Å². The molecule has 0 fully saturated rings. The first-order valence-corrected chi connectivity index (χ1v) is 6.83. The van der Waals surface area contributed by atoms with Gasteiger partial charge in [0.15, 0.2) is 0 Å². The number of rotatable bonds is 6. The molecule has 0 aliphatic carbocycles. The fourth-order valence-electron chi connectivity index (χ4n) is 1.73. The molecule has 0 N–H and O–H groups in total. The van der Waals surface area contributed by atoms with Crippen LogP contribution in [0.1, 0.15) is 27.2 Å². The highest BCUT2D eigenvalue weighted by Gasteiger charge is 2.23. The average molecular weight is 271 g/mol. The predicted molar refractivity (Wildman–Crippen MR) is 76.8 cm³/mol. The molecule has 0 amide bonds. The standard InChI is InChI=1S/C15H23ClO2/c1-15(2,3)12(11-16)9-10-18-14-7-5-13(17-4)6-8-14/h5-8,12H,9-11H2,1-4H3. The van der Waals surface area contributed by atoms with Gasteiger partial charge in [0, 0.05) is 5.88 Å². The Balaban J connectivity index is 2.40. The summed E-state index contributed by atoms with van der Waals surface area (Å²) >= 11 is 6.00. The van der Waals surface area contributed by atoms with Gasteiger partial charge in [-0.15, -0.1) is 11.6 Å². The Labute approximate surface area is 115 Å². The van der Waals surface area contributed by atoms with Crippen LogP contribution in [0, 0.1) is 11.3 Å². The fourth-order valence-corrected chi connectivity index (χ4v) is 2.35. The summed E-state index contributed by atoms with van der Waals surface area (Å²) in [5.74, 6) is 2.86. The van der Waals surface area contributed by atoms with Crippen molar-refractivity contribution in [2.75, 3.05) is 19.6 Å². The molecule has 1 rings (SSSR count). The van der Waals surface area contributed by atoms with E-state index in [9.17, 15) is 0 Å². The number of hydrogen-bond donors (Lipinski definition) is 0. The fraction of sp³-hybridized carbons (Fsp3) is 0.600. The molecule has 18 heavy (non-hydrogen) atoms. The van der Waals surface area contributed by atoms with Crippen LogP contribution in [0.2, 0.25) is 0 Å². The molecule has 0 spiro atoms. The zero-order chi connectivity index (χ0) is 13.6. The molecule has 3 heteroatoms. The Morgan fingerprint density at radius 3 is 2.11 bits per heavy atom. The maximum Gasteiger partial charge on any atom is 0.119 e. The smallest absolute Gasteiger partial charge is 0.119 e. The van der Waals surface area contributed by atoms with Gasteiger partial charge in [-0.1, -0.05) is 20.8 Å². The van der Waals surface area contributed by atoms with Gasteiger partial charge in [-0.05, 0) is 42.0 Å². The maximum absolute atomic E-state index is 6.00. The molecule has 0 radical (unpaired) electrons. The molecule has 0 bridgehead atoms. The van der Waals surface area contributed by atoms with E-state index in [1.54, 1.807) is 7.11 Å². The summed E-state index contributed by atoms with van der Waals surface area (Å²) < 4.78 is 10.8. The first-order chi connectivity index (χ1) is 8.47. The Bertz CT molecular complexity index is 341. The molecule has 0 aromatic heterocycles. The maximum atomic E-state index is 6.00. The molecule has 1 atom stereocenters. The molecule has 2 nitrogen and oxygen atoms in total. The Hall–Kier alpha value is -0.890. The van der Waals surface area contributed by atoms with Crippen LogP contribution in [-0.2, 0) is 0 Å². The minimum absolute atomic E-state index is 0.227. The molecule has 0 aliphatic rings. The second kappa shape index (κ2) is 6.89. The van der Waals surface area contributed by atoms with Gasteiger partial charge in [0.05, 0.1) is 13.7 Å². The van der Waals surface area contributed by atoms with Gasteiger partial charge in [-0.25, -0.2) is 0 Å². The lowest BCUT2D eigenvalue weighted by Gasteiger charge is -2.28. The van der Waals surface area contributed by atoms with E-state index in [0.717, 1.165) is 17.9 Å². The summed E-state index contributed by atoms with van der Waals surface area (Å²) in [6.45, 7) is 7.34. The zero-order valence-corrected chi connectivity index (χ0v) is 12.5. The Kier molecular flexibility index (Phi) is 5.80. The van der Waals surface area contributed by atoms with Crippen LogP contribution in [0.4, 0.5) is 0 Å². The van der Waals surface area contributed by atoms with E-state index >= 15 is 0 Å². The topological polar surface area (TPSA) is 18.5 Å². The van der Waals surface area contributed by atoms with Crippen molar-refractivity contribution in [3.63, 3.8) is 0 Å². The largest absolute Gasteiger partial charge is 0.497 e. The van der Waals surface area contributed by atoms with Crippen molar-refractivity contribution in [2.24, 2.45) is 11.3 Å². The van der Waals surface area contributed by atoms with Crippen LogP contribution in [-0.4, -0.2) is 19.6 Å². The molecule has 0 saturated heterocycles. The third-order valence-corrected chi connectivity index (χ3v) is 3.58. The first kappa shape index (κ1) is 15.2. The summed E-state index contributed by atoms with van der Waals surface area (Å²) in [5.41, 5.74) is 0.227. The summed E-state index contributed by atoms with van der Waals surface area (Å²) in [6, 6.07) is 7.65. The van der Waals surface area contributed by atoms with Crippen molar-refractivity contribution in [3.05, 3.63) is 24.3 Å². The molecule has 0 saturated carbocycles. The summed E-state index contributed by atoms with van der Waals surface area (Å²) in [4.78, 5) is 0. The lowest BCUT2D eigenvalue weighted by atomic mass is 9.80. The zero-order valence-electron chi connectivity index (χ0n) is 11.7. The number of halogens is 1. The minimum atomic E-state index is 0.227. The highest BCUT2D eigenvalue weighted by Crippen LogP contribution is 2.29. The Morgan fingerprint density at radius 1 is 1.11 bits per heavy atom. The number of ether oxygens (including phenoxy) is 2. The monoisotopic (exact) mass is 270 g/mol. The highest BCUT2D eigenvalue weighted by atomic mass is 35.5. The van der Waals surface area contributed by atoms with Crippen molar-refractivity contribution in [2.45, 2.75) is 27.2 Å². The van der Waals surface area contributed by atoms with Crippen molar-refractivity contribution in [3.8, 4) is 11.5 Å². The van der Waals surface area contributed by atoms with Crippen LogP contribution >= 0.6 is 11.6 Å². The van der Waals surface area contributed by atoms with E-state index in [-0.39, 0.29) is 5.41 Å². The molecule has 1 aromatic carbocycles. The molecule has 0 heterocycles. The van der Waals surface area contributed by atoms with Gasteiger partial charge in [0.1, 0.15) is 11.5 Å². The quantitative estimate of drug-likeness (QED) is 0.715. The van der Waals surface area contributed by atoms with Gasteiger partial charge in [-0.2, -0.15) is 0 Å². The van der Waals surface area contributed by atoms with Crippen LogP contribution in [0.25, 0.3) is 0 Å². The van der Waals surface area contributed by atoms with Gasteiger partial charge in [0.2, 0.25) is 0 Å². The lowest BCUT2D eigenvalue weighted by Crippen LogP contribution is -2.24. The first-order valence-electron chi connectivity index (χ1n) is 6.30. The second-order valence-corrected chi connectivity index (χ2v) is 5.84. The number of methoxy groups -OCH3 is 1. The van der Waals surface area contributed by atoms with E-state index in [4.69, 9.17) is 21.1 Å². The molecule has 0 aliphatic heterocycles.